The number of hydrogen-bond acceptors (Lipinski definition) is 3. The molecule has 0 aliphatic carbocycles. The molecule has 2 rings (SSSR count). The first-order valence-electron chi connectivity index (χ1n) is 7.53. The van der Waals surface area contributed by atoms with Crippen molar-refractivity contribution < 1.29 is 9.53 Å². The molecule has 0 saturated heterocycles. The van der Waals surface area contributed by atoms with Gasteiger partial charge in [0.2, 0.25) is 5.91 Å². The summed E-state index contributed by atoms with van der Waals surface area (Å²) in [6, 6.07) is 17.4. The second-order valence-electron chi connectivity index (χ2n) is 4.84. The van der Waals surface area contributed by atoms with E-state index in [-0.39, 0.29) is 12.3 Å². The normalized spacial score (nSPS) is 11.0. The van der Waals surface area contributed by atoms with Gasteiger partial charge in [-0.25, -0.2) is 5.43 Å². The van der Waals surface area contributed by atoms with Crippen LogP contribution in [0.5, 0.6) is 5.75 Å². The Morgan fingerprint density at radius 1 is 1.13 bits per heavy atom. The number of rotatable bonds is 7. The van der Waals surface area contributed by atoms with Crippen LogP contribution in [0, 0.1) is 0 Å². The third-order valence-corrected chi connectivity index (χ3v) is 3.04. The molecule has 0 bridgehead atoms. The summed E-state index contributed by atoms with van der Waals surface area (Å²) in [6.45, 7) is 2.57. The van der Waals surface area contributed by atoms with Gasteiger partial charge in [-0.1, -0.05) is 48.5 Å². The summed E-state index contributed by atoms with van der Waals surface area (Å²) in [4.78, 5) is 11.8. The van der Waals surface area contributed by atoms with Crippen molar-refractivity contribution in [3.8, 4) is 5.75 Å². The van der Waals surface area contributed by atoms with Gasteiger partial charge in [0.1, 0.15) is 5.75 Å². The lowest BCUT2D eigenvalue weighted by Crippen LogP contribution is -2.19. The molecule has 0 saturated carbocycles. The fourth-order valence-corrected chi connectivity index (χ4v) is 1.97. The zero-order valence-corrected chi connectivity index (χ0v) is 13.1. The maximum Gasteiger partial charge on any atom is 0.244 e. The zero-order valence-electron chi connectivity index (χ0n) is 13.1. The van der Waals surface area contributed by atoms with Crippen LogP contribution in [-0.2, 0) is 11.2 Å². The summed E-state index contributed by atoms with van der Waals surface area (Å²) in [5.41, 5.74) is 4.51. The van der Waals surface area contributed by atoms with Crippen LogP contribution in [0.1, 0.15) is 18.1 Å². The maximum atomic E-state index is 11.8. The molecule has 1 amide bonds. The first-order chi connectivity index (χ1) is 11.3. The Bertz CT molecular complexity index is 662. The standard InChI is InChI=1S/C19H20N2O2/c1-2-23-18-12-10-17(11-13-18)15-19(22)21-20-14-6-9-16-7-4-3-5-8-16/h3-14H,2,15H2,1H3,(H,21,22)/b9-6+,20-14-. The van der Waals surface area contributed by atoms with Crippen LogP contribution in [-0.4, -0.2) is 18.7 Å². The maximum absolute atomic E-state index is 11.8. The molecule has 0 spiro atoms. The Morgan fingerprint density at radius 2 is 1.87 bits per heavy atom. The SMILES string of the molecule is CCOc1ccc(CC(=O)N/N=C\C=C\c2ccccc2)cc1. The van der Waals surface area contributed by atoms with Gasteiger partial charge in [-0.15, -0.1) is 0 Å². The van der Waals surface area contributed by atoms with Crippen molar-refractivity contribution in [1.29, 1.82) is 0 Å². The molecule has 2 aromatic carbocycles. The van der Waals surface area contributed by atoms with E-state index >= 15 is 0 Å². The lowest BCUT2D eigenvalue weighted by Gasteiger charge is -2.04. The average molecular weight is 308 g/mol. The van der Waals surface area contributed by atoms with Crippen molar-refractivity contribution in [1.82, 2.24) is 5.43 Å². The number of allylic oxidation sites excluding steroid dienone is 1. The molecule has 0 heterocycles. The molecular formula is C19H20N2O2. The molecule has 0 aliphatic rings. The van der Waals surface area contributed by atoms with Crippen LogP contribution in [0.15, 0.2) is 65.8 Å². The van der Waals surface area contributed by atoms with Gasteiger partial charge in [0.15, 0.2) is 0 Å². The van der Waals surface area contributed by atoms with E-state index < -0.39 is 0 Å². The molecule has 1 N–H and O–H groups in total. The first kappa shape index (κ1) is 16.5. The van der Waals surface area contributed by atoms with Gasteiger partial charge in [0, 0.05) is 6.21 Å². The Labute approximate surface area is 136 Å². The number of carbonyl (C=O) groups is 1. The van der Waals surface area contributed by atoms with Crippen LogP contribution in [0.4, 0.5) is 0 Å². The molecule has 0 unspecified atom stereocenters. The quantitative estimate of drug-likeness (QED) is 0.629. The van der Waals surface area contributed by atoms with E-state index in [4.69, 9.17) is 4.74 Å². The second-order valence-corrected chi connectivity index (χ2v) is 4.84. The minimum absolute atomic E-state index is 0.154. The molecule has 0 aromatic heterocycles. The fraction of sp³-hybridized carbons (Fsp3) is 0.158. The van der Waals surface area contributed by atoms with E-state index in [0.717, 1.165) is 16.9 Å². The molecule has 0 radical (unpaired) electrons. The lowest BCUT2D eigenvalue weighted by atomic mass is 10.1. The number of hydrogen-bond donors (Lipinski definition) is 1. The number of nitrogens with one attached hydrogen (secondary N) is 1. The summed E-state index contributed by atoms with van der Waals surface area (Å²) in [5, 5.41) is 3.89. The van der Waals surface area contributed by atoms with Gasteiger partial charge >= 0.3 is 0 Å². The van der Waals surface area contributed by atoms with Crippen LogP contribution in [0.25, 0.3) is 6.08 Å². The van der Waals surface area contributed by atoms with E-state index in [9.17, 15) is 4.79 Å². The average Bonchev–Trinajstić information content (AvgIpc) is 2.57. The van der Waals surface area contributed by atoms with Crippen molar-refractivity contribution in [3.63, 3.8) is 0 Å². The first-order valence-corrected chi connectivity index (χ1v) is 7.53. The second kappa shape index (κ2) is 9.20. The van der Waals surface area contributed by atoms with Crippen molar-refractivity contribution >= 4 is 18.2 Å². The predicted octanol–water partition coefficient (Wildman–Crippen LogP) is 3.44. The molecule has 0 atom stereocenters. The highest BCUT2D eigenvalue weighted by Crippen LogP contribution is 2.12. The van der Waals surface area contributed by atoms with Gasteiger partial charge in [-0.3, -0.25) is 4.79 Å². The Hall–Kier alpha value is -2.88. The summed E-state index contributed by atoms with van der Waals surface area (Å²) in [7, 11) is 0. The van der Waals surface area contributed by atoms with Crippen molar-refractivity contribution in [2.24, 2.45) is 5.10 Å². The highest BCUT2D eigenvalue weighted by molar-refractivity contribution is 5.82. The topological polar surface area (TPSA) is 50.7 Å². The summed E-state index contributed by atoms with van der Waals surface area (Å²) >= 11 is 0. The van der Waals surface area contributed by atoms with E-state index in [2.05, 4.69) is 10.5 Å². The van der Waals surface area contributed by atoms with Gasteiger partial charge in [-0.2, -0.15) is 5.10 Å². The number of carbonyl (C=O) groups excluding carboxylic acids is 1. The highest BCUT2D eigenvalue weighted by atomic mass is 16.5. The number of nitrogens with zero attached hydrogens (tertiary/aromatic N) is 1. The van der Waals surface area contributed by atoms with E-state index in [1.165, 1.54) is 0 Å². The van der Waals surface area contributed by atoms with Crippen molar-refractivity contribution in [2.45, 2.75) is 13.3 Å². The van der Waals surface area contributed by atoms with Gasteiger partial charge in [0.25, 0.3) is 0 Å². The minimum Gasteiger partial charge on any atom is -0.494 e. The Morgan fingerprint density at radius 3 is 2.57 bits per heavy atom. The van der Waals surface area contributed by atoms with Crippen LogP contribution in [0.3, 0.4) is 0 Å². The molecule has 0 fully saturated rings. The Kier molecular flexibility index (Phi) is 6.60. The highest BCUT2D eigenvalue weighted by Gasteiger charge is 2.02. The predicted molar refractivity (Wildman–Crippen MR) is 93.4 cm³/mol. The summed E-state index contributed by atoms with van der Waals surface area (Å²) < 4.78 is 5.36. The molecule has 118 valence electrons. The molecule has 4 nitrogen and oxygen atoms in total. The van der Waals surface area contributed by atoms with Crippen molar-refractivity contribution in [2.75, 3.05) is 6.61 Å². The van der Waals surface area contributed by atoms with Crippen LogP contribution in [0.2, 0.25) is 0 Å². The third kappa shape index (κ3) is 6.18. The lowest BCUT2D eigenvalue weighted by molar-refractivity contribution is -0.120. The van der Waals surface area contributed by atoms with Crippen molar-refractivity contribution in [3.05, 3.63) is 71.8 Å². The monoisotopic (exact) mass is 308 g/mol. The molecular weight excluding hydrogens is 288 g/mol. The molecule has 4 heteroatoms. The molecule has 23 heavy (non-hydrogen) atoms. The minimum atomic E-state index is -0.154. The molecule has 2 aromatic rings. The smallest absolute Gasteiger partial charge is 0.244 e. The number of benzene rings is 2. The number of ether oxygens (including phenoxy) is 1. The van der Waals surface area contributed by atoms with E-state index in [0.29, 0.717) is 6.61 Å². The number of amides is 1. The van der Waals surface area contributed by atoms with Crippen LogP contribution < -0.4 is 10.2 Å². The Balaban J connectivity index is 1.76. The van der Waals surface area contributed by atoms with Crippen LogP contribution >= 0.6 is 0 Å². The van der Waals surface area contributed by atoms with E-state index in [1.54, 1.807) is 12.3 Å². The van der Waals surface area contributed by atoms with Gasteiger partial charge < -0.3 is 4.74 Å². The summed E-state index contributed by atoms with van der Waals surface area (Å²) in [5.74, 6) is 0.652. The summed E-state index contributed by atoms with van der Waals surface area (Å²) in [6.07, 6.45) is 5.55. The molecule has 0 aliphatic heterocycles. The van der Waals surface area contributed by atoms with Gasteiger partial charge in [-0.05, 0) is 36.3 Å². The third-order valence-electron chi connectivity index (χ3n) is 3.04. The van der Waals surface area contributed by atoms with E-state index in [1.807, 2.05) is 67.6 Å². The van der Waals surface area contributed by atoms with Gasteiger partial charge in [0.05, 0.1) is 13.0 Å². The fourth-order valence-electron chi connectivity index (χ4n) is 1.97. The largest absolute Gasteiger partial charge is 0.494 e. The number of hydrazone groups is 1. The zero-order chi connectivity index (χ0) is 16.3.